The Morgan fingerprint density at radius 3 is 1.29 bits per heavy atom. The van der Waals surface area contributed by atoms with Crippen LogP contribution in [0.15, 0.2) is 0 Å². The van der Waals surface area contributed by atoms with E-state index in [2.05, 4.69) is 0 Å². The summed E-state index contributed by atoms with van der Waals surface area (Å²) in [5.74, 6) is 0. The van der Waals surface area contributed by atoms with Crippen molar-refractivity contribution >= 4 is 46.9 Å². The van der Waals surface area contributed by atoms with E-state index in [0.29, 0.717) is 0 Å². The van der Waals surface area contributed by atoms with Crippen LogP contribution in [0.1, 0.15) is 0 Å². The largest absolute Gasteiger partial charge is 0 e. The normalized spacial score (nSPS) is 3.43. The van der Waals surface area contributed by atoms with Crippen molar-refractivity contribution in [3.63, 3.8) is 0 Å². The second-order valence-corrected chi connectivity index (χ2v) is 0.848. The van der Waals surface area contributed by atoms with Crippen molar-refractivity contribution in [2.75, 3.05) is 0 Å². The maximum Gasteiger partial charge on any atom is 0 e. The van der Waals surface area contributed by atoms with Gasteiger partial charge in [0.1, 0.15) is 0 Å². The molecular weight excluding hydrogens is 198 g/mol. The Bertz CT molecular complexity index is 34.7. The molecule has 0 aromatic rings. The van der Waals surface area contributed by atoms with Crippen molar-refractivity contribution in [2.24, 2.45) is 0 Å². The molecule has 0 amide bonds. The Labute approximate surface area is 84.9 Å². The molecule has 7 heavy (non-hydrogen) atoms. The zero-order valence-corrected chi connectivity index (χ0v) is 6.98. The second kappa shape index (κ2) is 15.7. The van der Waals surface area contributed by atoms with Gasteiger partial charge in [-0.05, 0) is 0 Å². The van der Waals surface area contributed by atoms with Gasteiger partial charge in [-0.1, -0.05) is 0 Å². The monoisotopic (exact) mass is 202 g/mol. The average molecular weight is 204 g/mol. The first-order valence-electron chi connectivity index (χ1n) is 0.651. The third kappa shape index (κ3) is 104. The quantitative estimate of drug-likeness (QED) is 0.403. The van der Waals surface area contributed by atoms with Crippen molar-refractivity contribution in [3.8, 4) is 0 Å². The smallest absolute Gasteiger partial charge is 0 e. The summed E-state index contributed by atoms with van der Waals surface area (Å²) < 4.78 is 8.74. The Kier molecular flexibility index (Phi) is 52.9. The molecular formula is H6CaO4SiZn. The van der Waals surface area contributed by atoms with Crippen LogP contribution in [-0.4, -0.2) is 62.0 Å². The minimum Gasteiger partial charge on any atom is 0 e. The van der Waals surface area contributed by atoms with Crippen LogP contribution in [-0.2, 0) is 23.9 Å². The fourth-order valence-corrected chi connectivity index (χ4v) is 0. The maximum atomic E-state index is 8.74. The van der Waals surface area contributed by atoms with Crippen LogP contribution in [0.4, 0.5) is 0 Å². The summed E-state index contributed by atoms with van der Waals surface area (Å²) in [6.45, 7) is 0. The summed E-state index contributed by atoms with van der Waals surface area (Å²) in [5, 5.41) is 0. The summed E-state index contributed by atoms with van der Waals surface area (Å²) in [6, 6.07) is 0. The molecule has 0 radical (unpaired) electrons. The molecule has 0 aliphatic rings. The third-order valence-corrected chi connectivity index (χ3v) is 0. The summed E-state index contributed by atoms with van der Waals surface area (Å²) in [4.78, 5) is 14.3. The summed E-state index contributed by atoms with van der Waals surface area (Å²) >= 11 is 0. The predicted molar refractivity (Wildman–Crippen MR) is 23.0 cm³/mol. The van der Waals surface area contributed by atoms with E-state index >= 15 is 0 Å². The molecule has 0 saturated heterocycles. The van der Waals surface area contributed by atoms with E-state index in [0.717, 1.165) is 0 Å². The van der Waals surface area contributed by atoms with E-state index in [1.54, 1.807) is 0 Å². The number of hydrogen-bond donors (Lipinski definition) is 2. The molecule has 4 N–H and O–H groups in total. The van der Waals surface area contributed by atoms with Gasteiger partial charge in [0.05, 0.1) is 0 Å². The van der Waals surface area contributed by atoms with Crippen LogP contribution in [0, 0.1) is 0 Å². The van der Waals surface area contributed by atoms with Gasteiger partial charge in [0.25, 0.3) is 0 Å². The standard InChI is InChI=1S/Ca.H2O3Si.H2O.Zn.2H/c;1-4(2)3;;;;/h;1-2H;1H2;;;. The van der Waals surface area contributed by atoms with E-state index < -0.39 is 9.17 Å². The van der Waals surface area contributed by atoms with Crippen LogP contribution in [0.2, 0.25) is 0 Å². The fraction of sp³-hybridized carbons (Fsp3) is 0. The first-order valence-corrected chi connectivity index (χ1v) is 1.95. The first-order chi connectivity index (χ1) is 1.73. The zero-order chi connectivity index (χ0) is 3.58. The van der Waals surface area contributed by atoms with Gasteiger partial charge in [0.15, 0.2) is 0 Å². The second-order valence-electron chi connectivity index (χ2n) is 0.283. The molecule has 0 rings (SSSR count). The third-order valence-electron chi connectivity index (χ3n) is 0. The molecule has 4 nitrogen and oxygen atoms in total. The fourth-order valence-electron chi connectivity index (χ4n) is 0. The van der Waals surface area contributed by atoms with E-state index in [9.17, 15) is 0 Å². The van der Waals surface area contributed by atoms with Crippen molar-refractivity contribution in [3.05, 3.63) is 0 Å². The molecule has 0 spiro atoms. The molecule has 0 fully saturated rings. The molecule has 0 saturated carbocycles. The van der Waals surface area contributed by atoms with Crippen molar-refractivity contribution < 1.29 is 39.0 Å². The van der Waals surface area contributed by atoms with E-state index in [1.807, 2.05) is 0 Å². The molecule has 38 valence electrons. The number of rotatable bonds is 0. The van der Waals surface area contributed by atoms with Crippen LogP contribution in [0.5, 0.6) is 0 Å². The summed E-state index contributed by atoms with van der Waals surface area (Å²) in [7, 11) is -3.13. The Balaban J connectivity index is -0.0000000150. The van der Waals surface area contributed by atoms with Gasteiger partial charge in [-0.15, -0.1) is 0 Å². The molecule has 0 aliphatic carbocycles. The van der Waals surface area contributed by atoms with Gasteiger partial charge >= 0.3 is 46.9 Å². The SMILES string of the molecule is O.O=[Si](O)O.[CaH2].[Zn]. The predicted octanol–water partition coefficient (Wildman–Crippen LogP) is -3.36. The molecule has 0 aromatic heterocycles. The van der Waals surface area contributed by atoms with Crippen molar-refractivity contribution in [2.45, 2.75) is 0 Å². The molecule has 0 bridgehead atoms. The number of hydrogen-bond acceptors (Lipinski definition) is 1. The van der Waals surface area contributed by atoms with Crippen LogP contribution < -0.4 is 0 Å². The minimum atomic E-state index is -3.13. The van der Waals surface area contributed by atoms with Crippen LogP contribution in [0.25, 0.3) is 0 Å². The maximum absolute atomic E-state index is 8.74. The average Bonchev–Trinajstić information content (AvgIpc) is 0.811. The van der Waals surface area contributed by atoms with Gasteiger partial charge in [0, 0.05) is 19.5 Å². The van der Waals surface area contributed by atoms with Crippen molar-refractivity contribution in [1.82, 2.24) is 0 Å². The first kappa shape index (κ1) is 23.7. The van der Waals surface area contributed by atoms with E-state index in [1.165, 1.54) is 0 Å². The minimum absolute atomic E-state index is 0. The van der Waals surface area contributed by atoms with Gasteiger partial charge in [-0.25, -0.2) is 0 Å². The van der Waals surface area contributed by atoms with E-state index in [-0.39, 0.29) is 62.7 Å². The molecule has 0 heterocycles. The van der Waals surface area contributed by atoms with Crippen LogP contribution in [0.3, 0.4) is 0 Å². The van der Waals surface area contributed by atoms with Crippen molar-refractivity contribution in [1.29, 1.82) is 0 Å². The van der Waals surface area contributed by atoms with Gasteiger partial charge in [-0.2, -0.15) is 0 Å². The van der Waals surface area contributed by atoms with E-state index in [4.69, 9.17) is 14.1 Å². The Morgan fingerprint density at radius 2 is 1.29 bits per heavy atom. The molecule has 7 heteroatoms. The zero-order valence-electron chi connectivity index (χ0n) is 3.01. The molecule has 0 aromatic carbocycles. The molecule has 0 atom stereocenters. The summed E-state index contributed by atoms with van der Waals surface area (Å²) in [5.41, 5.74) is 0. The Morgan fingerprint density at radius 1 is 1.29 bits per heavy atom. The molecule has 0 unspecified atom stereocenters. The topological polar surface area (TPSA) is 89.0 Å². The van der Waals surface area contributed by atoms with Gasteiger partial charge < -0.3 is 15.1 Å². The molecule has 0 aliphatic heterocycles. The van der Waals surface area contributed by atoms with Gasteiger partial charge in [-0.3, -0.25) is 4.46 Å². The van der Waals surface area contributed by atoms with Crippen LogP contribution >= 0.6 is 0 Å². The van der Waals surface area contributed by atoms with Gasteiger partial charge in [0.2, 0.25) is 0 Å². The Hall–Kier alpha value is 1.46. The summed E-state index contributed by atoms with van der Waals surface area (Å²) in [6.07, 6.45) is 0.